The molecule has 1 unspecified atom stereocenters. The van der Waals surface area contributed by atoms with E-state index in [0.717, 1.165) is 12.8 Å². The van der Waals surface area contributed by atoms with Crippen molar-refractivity contribution in [3.8, 4) is 0 Å². The summed E-state index contributed by atoms with van der Waals surface area (Å²) in [7, 11) is -3.76. The van der Waals surface area contributed by atoms with E-state index in [-0.39, 0.29) is 16.5 Å². The summed E-state index contributed by atoms with van der Waals surface area (Å²) in [6, 6.07) is 2.47. The number of benzene rings is 1. The molecule has 2 N–H and O–H groups in total. The Kier molecular flexibility index (Phi) is 4.85. The molecule has 0 heterocycles. The van der Waals surface area contributed by atoms with Gasteiger partial charge >= 0.3 is 5.97 Å². The molecule has 1 aliphatic rings. The lowest BCUT2D eigenvalue weighted by atomic mass is 10.0. The first kappa shape index (κ1) is 16.2. The number of sulfonamides is 1. The van der Waals surface area contributed by atoms with E-state index < -0.39 is 16.0 Å². The number of aromatic carboxylic acids is 1. The van der Waals surface area contributed by atoms with Crippen molar-refractivity contribution in [2.45, 2.75) is 37.1 Å². The van der Waals surface area contributed by atoms with E-state index in [4.69, 9.17) is 5.11 Å². The number of carbonyl (C=O) groups is 1. The third-order valence-electron chi connectivity index (χ3n) is 3.35. The summed E-state index contributed by atoms with van der Waals surface area (Å²) in [6.45, 7) is 1.67. The summed E-state index contributed by atoms with van der Waals surface area (Å²) in [5, 5.41) is 9.07. The van der Waals surface area contributed by atoms with Gasteiger partial charge in [-0.25, -0.2) is 17.9 Å². The number of allylic oxidation sites excluding steroid dienone is 1. The standard InChI is InChI=1S/C14H16BrNO4S/c1-9-7-10(14(17)18)8-12(13(9)15)21(19,20)16-11-5-3-2-4-6-11/h2-3,7-8,11,16H,4-6H2,1H3,(H,17,18). The molecule has 0 saturated heterocycles. The van der Waals surface area contributed by atoms with Gasteiger partial charge in [-0.05, 0) is 59.8 Å². The number of nitrogens with one attached hydrogen (secondary N) is 1. The van der Waals surface area contributed by atoms with E-state index in [0.29, 0.717) is 16.5 Å². The number of hydrogen-bond donors (Lipinski definition) is 2. The second-order valence-corrected chi connectivity index (χ2v) is 7.49. The molecule has 5 nitrogen and oxygen atoms in total. The van der Waals surface area contributed by atoms with Gasteiger partial charge in [-0.3, -0.25) is 0 Å². The van der Waals surface area contributed by atoms with Crippen LogP contribution < -0.4 is 4.72 Å². The topological polar surface area (TPSA) is 83.5 Å². The zero-order valence-corrected chi connectivity index (χ0v) is 13.9. The number of carboxylic acids is 1. The highest BCUT2D eigenvalue weighted by molar-refractivity contribution is 9.10. The Morgan fingerprint density at radius 2 is 2.10 bits per heavy atom. The highest BCUT2D eigenvalue weighted by Crippen LogP contribution is 2.28. The lowest BCUT2D eigenvalue weighted by Gasteiger charge is -2.20. The molecule has 0 aromatic heterocycles. The lowest BCUT2D eigenvalue weighted by Crippen LogP contribution is -2.35. The molecule has 0 saturated carbocycles. The summed E-state index contributed by atoms with van der Waals surface area (Å²) in [4.78, 5) is 11.1. The van der Waals surface area contributed by atoms with Crippen molar-refractivity contribution in [1.82, 2.24) is 4.72 Å². The van der Waals surface area contributed by atoms with Gasteiger partial charge in [0.05, 0.1) is 10.5 Å². The van der Waals surface area contributed by atoms with Gasteiger partial charge in [-0.15, -0.1) is 0 Å². The summed E-state index contributed by atoms with van der Waals surface area (Å²) in [5.74, 6) is -1.15. The molecular formula is C14H16BrNO4S. The maximum Gasteiger partial charge on any atom is 0.335 e. The minimum absolute atomic E-state index is 0.0329. The molecule has 1 atom stereocenters. The second kappa shape index (κ2) is 6.29. The summed E-state index contributed by atoms with van der Waals surface area (Å²) < 4.78 is 28.0. The fourth-order valence-corrected chi connectivity index (χ4v) is 4.57. The van der Waals surface area contributed by atoms with Crippen LogP contribution in [0.15, 0.2) is 33.7 Å². The largest absolute Gasteiger partial charge is 0.478 e. The van der Waals surface area contributed by atoms with Crippen LogP contribution in [-0.2, 0) is 10.0 Å². The number of aryl methyl sites for hydroxylation is 1. The molecule has 1 aromatic rings. The maximum absolute atomic E-state index is 12.5. The van der Waals surface area contributed by atoms with Crippen molar-refractivity contribution in [3.05, 3.63) is 39.9 Å². The number of halogens is 1. The Balaban J connectivity index is 2.39. The molecule has 0 radical (unpaired) electrons. The van der Waals surface area contributed by atoms with Crippen LogP contribution in [0.5, 0.6) is 0 Å². The predicted molar refractivity (Wildman–Crippen MR) is 82.9 cm³/mol. The third kappa shape index (κ3) is 3.72. The fraction of sp³-hybridized carbons (Fsp3) is 0.357. The number of carboxylic acid groups (broad SMARTS) is 1. The molecule has 1 aromatic carbocycles. The Morgan fingerprint density at radius 1 is 1.38 bits per heavy atom. The molecule has 21 heavy (non-hydrogen) atoms. The Hall–Kier alpha value is -1.18. The van der Waals surface area contributed by atoms with Crippen LogP contribution in [0.4, 0.5) is 0 Å². The fourth-order valence-electron chi connectivity index (χ4n) is 2.24. The van der Waals surface area contributed by atoms with E-state index in [1.165, 1.54) is 12.1 Å². The van der Waals surface area contributed by atoms with Gasteiger partial charge in [0.15, 0.2) is 0 Å². The van der Waals surface area contributed by atoms with Crippen molar-refractivity contribution in [2.75, 3.05) is 0 Å². The van der Waals surface area contributed by atoms with Gasteiger partial charge in [-0.1, -0.05) is 12.2 Å². The van der Waals surface area contributed by atoms with Gasteiger partial charge in [0, 0.05) is 10.5 Å². The first-order valence-corrected chi connectivity index (χ1v) is 8.79. The number of rotatable bonds is 4. The zero-order chi connectivity index (χ0) is 15.6. The Labute approximate surface area is 132 Å². The van der Waals surface area contributed by atoms with Crippen LogP contribution in [0.3, 0.4) is 0 Å². The highest BCUT2D eigenvalue weighted by atomic mass is 79.9. The van der Waals surface area contributed by atoms with Gasteiger partial charge in [0.25, 0.3) is 0 Å². The van der Waals surface area contributed by atoms with Crippen LogP contribution in [0.1, 0.15) is 35.2 Å². The number of hydrogen-bond acceptors (Lipinski definition) is 3. The minimum atomic E-state index is -3.76. The average molecular weight is 374 g/mol. The van der Waals surface area contributed by atoms with E-state index in [2.05, 4.69) is 20.7 Å². The van der Waals surface area contributed by atoms with Gasteiger partial charge < -0.3 is 5.11 Å². The monoisotopic (exact) mass is 373 g/mol. The van der Waals surface area contributed by atoms with E-state index in [9.17, 15) is 13.2 Å². The minimum Gasteiger partial charge on any atom is -0.478 e. The van der Waals surface area contributed by atoms with Gasteiger partial charge in [0.2, 0.25) is 10.0 Å². The van der Waals surface area contributed by atoms with Crippen LogP contribution in [0.25, 0.3) is 0 Å². The smallest absolute Gasteiger partial charge is 0.335 e. The Bertz CT molecular complexity index is 697. The molecule has 114 valence electrons. The second-order valence-electron chi connectivity index (χ2n) is 5.01. The van der Waals surface area contributed by atoms with Crippen LogP contribution in [0.2, 0.25) is 0 Å². The first-order chi connectivity index (χ1) is 9.81. The normalized spacial score (nSPS) is 18.7. The zero-order valence-electron chi connectivity index (χ0n) is 11.5. The van der Waals surface area contributed by atoms with E-state index in [1.807, 2.05) is 12.2 Å². The molecule has 0 spiro atoms. The first-order valence-electron chi connectivity index (χ1n) is 6.52. The van der Waals surface area contributed by atoms with Crippen molar-refractivity contribution in [2.24, 2.45) is 0 Å². The summed E-state index contributed by atoms with van der Waals surface area (Å²) in [5.41, 5.74) is 0.526. The van der Waals surface area contributed by atoms with Crippen molar-refractivity contribution < 1.29 is 18.3 Å². The van der Waals surface area contributed by atoms with E-state index in [1.54, 1.807) is 6.92 Å². The molecule has 0 aliphatic heterocycles. The van der Waals surface area contributed by atoms with Gasteiger partial charge in [-0.2, -0.15) is 0 Å². The molecule has 7 heteroatoms. The quantitative estimate of drug-likeness (QED) is 0.794. The maximum atomic E-state index is 12.5. The van der Waals surface area contributed by atoms with Crippen LogP contribution in [-0.4, -0.2) is 25.5 Å². The third-order valence-corrected chi connectivity index (χ3v) is 6.21. The van der Waals surface area contributed by atoms with Crippen LogP contribution in [0, 0.1) is 6.92 Å². The molecule has 2 rings (SSSR count). The highest BCUT2D eigenvalue weighted by Gasteiger charge is 2.24. The lowest BCUT2D eigenvalue weighted by molar-refractivity contribution is 0.0696. The van der Waals surface area contributed by atoms with Crippen molar-refractivity contribution >= 4 is 31.9 Å². The molecule has 1 aliphatic carbocycles. The van der Waals surface area contributed by atoms with E-state index >= 15 is 0 Å². The van der Waals surface area contributed by atoms with Crippen LogP contribution >= 0.6 is 15.9 Å². The van der Waals surface area contributed by atoms with Crippen molar-refractivity contribution in [3.63, 3.8) is 0 Å². The summed E-state index contributed by atoms with van der Waals surface area (Å²) in [6.07, 6.45) is 6.20. The predicted octanol–water partition coefficient (Wildman–Crippen LogP) is 2.84. The van der Waals surface area contributed by atoms with Gasteiger partial charge in [0.1, 0.15) is 0 Å². The molecule has 0 fully saturated rings. The molecule has 0 bridgehead atoms. The average Bonchev–Trinajstić information content (AvgIpc) is 2.41. The molecule has 0 amide bonds. The SMILES string of the molecule is Cc1cc(C(=O)O)cc(S(=O)(=O)NC2CC=CCC2)c1Br. The Morgan fingerprint density at radius 3 is 2.67 bits per heavy atom. The summed E-state index contributed by atoms with van der Waals surface area (Å²) >= 11 is 3.24. The van der Waals surface area contributed by atoms with Crippen molar-refractivity contribution in [1.29, 1.82) is 0 Å². The molecular weight excluding hydrogens is 358 g/mol.